The van der Waals surface area contributed by atoms with E-state index in [0.29, 0.717) is 28.7 Å². The van der Waals surface area contributed by atoms with Crippen LogP contribution in [-0.4, -0.2) is 27.9 Å². The van der Waals surface area contributed by atoms with Gasteiger partial charge in [0.25, 0.3) is 5.56 Å². The Labute approximate surface area is 162 Å². The first-order valence-electron chi connectivity index (χ1n) is 8.02. The highest BCUT2D eigenvalue weighted by molar-refractivity contribution is 9.10. The summed E-state index contributed by atoms with van der Waals surface area (Å²) >= 11 is 3.35. The molecule has 1 heterocycles. The molecule has 27 heavy (non-hydrogen) atoms. The fourth-order valence-corrected chi connectivity index (χ4v) is 2.96. The van der Waals surface area contributed by atoms with E-state index in [1.54, 1.807) is 18.2 Å². The van der Waals surface area contributed by atoms with Gasteiger partial charge >= 0.3 is 5.69 Å². The lowest BCUT2D eigenvalue weighted by Gasteiger charge is -2.08. The van der Waals surface area contributed by atoms with Crippen LogP contribution in [0, 0.1) is 10.1 Å². The van der Waals surface area contributed by atoms with Crippen molar-refractivity contribution in [3.05, 3.63) is 72.7 Å². The topological polar surface area (TPSA) is 99.6 Å². The molecule has 0 atom stereocenters. The highest BCUT2D eigenvalue weighted by Gasteiger charge is 2.15. The van der Waals surface area contributed by atoms with Crippen molar-refractivity contribution in [1.82, 2.24) is 9.66 Å². The van der Waals surface area contributed by atoms with Crippen molar-refractivity contribution in [2.45, 2.75) is 13.3 Å². The number of benzene rings is 2. The van der Waals surface area contributed by atoms with Crippen LogP contribution in [0.15, 0.2) is 50.8 Å². The Morgan fingerprint density at radius 2 is 2.11 bits per heavy atom. The largest absolute Gasteiger partial charge is 0.490 e. The Balaban J connectivity index is 2.11. The molecule has 0 saturated heterocycles. The molecule has 9 heteroatoms. The van der Waals surface area contributed by atoms with Gasteiger partial charge in [-0.25, -0.2) is 4.98 Å². The molecule has 0 aliphatic carbocycles. The van der Waals surface area contributed by atoms with Crippen LogP contribution < -0.4 is 10.3 Å². The Bertz CT molecular complexity index is 1120. The Morgan fingerprint density at radius 3 is 2.78 bits per heavy atom. The van der Waals surface area contributed by atoms with Gasteiger partial charge in [0.1, 0.15) is 5.82 Å². The van der Waals surface area contributed by atoms with Gasteiger partial charge in [0.05, 0.1) is 29.2 Å². The lowest BCUT2D eigenvalue weighted by Crippen LogP contribution is -2.22. The Hall–Kier alpha value is -3.07. The maximum atomic E-state index is 12.8. The number of nitrogens with zero attached hydrogens (tertiary/aromatic N) is 4. The lowest BCUT2D eigenvalue weighted by molar-refractivity contribution is -0.385. The summed E-state index contributed by atoms with van der Waals surface area (Å²) in [5.41, 5.74) is 0.569. The van der Waals surface area contributed by atoms with Gasteiger partial charge in [-0.15, -0.1) is 0 Å². The zero-order valence-electron chi connectivity index (χ0n) is 14.5. The molecule has 3 rings (SSSR count). The molecular weight excluding hydrogens is 416 g/mol. The summed E-state index contributed by atoms with van der Waals surface area (Å²) in [4.78, 5) is 27.9. The van der Waals surface area contributed by atoms with E-state index in [1.165, 1.54) is 30.1 Å². The first-order chi connectivity index (χ1) is 12.9. The van der Waals surface area contributed by atoms with E-state index < -0.39 is 4.92 Å². The first-order valence-corrected chi connectivity index (χ1v) is 8.82. The minimum atomic E-state index is -0.533. The summed E-state index contributed by atoms with van der Waals surface area (Å²) in [6.45, 7) is 1.87. The average Bonchev–Trinajstić information content (AvgIpc) is 2.67. The molecule has 0 N–H and O–H groups in total. The van der Waals surface area contributed by atoms with Crippen LogP contribution in [0.25, 0.3) is 10.9 Å². The van der Waals surface area contributed by atoms with Gasteiger partial charge in [-0.1, -0.05) is 22.9 Å². The van der Waals surface area contributed by atoms with Crippen molar-refractivity contribution in [2.75, 3.05) is 7.11 Å². The third kappa shape index (κ3) is 3.72. The van der Waals surface area contributed by atoms with Crippen LogP contribution in [0.4, 0.5) is 5.69 Å². The van der Waals surface area contributed by atoms with Crippen molar-refractivity contribution in [2.24, 2.45) is 5.10 Å². The molecule has 0 saturated carbocycles. The van der Waals surface area contributed by atoms with Gasteiger partial charge < -0.3 is 4.74 Å². The number of nitro groups is 1. The molecule has 0 aliphatic heterocycles. The van der Waals surface area contributed by atoms with Crippen LogP contribution in [0.3, 0.4) is 0 Å². The number of rotatable bonds is 5. The molecule has 0 spiro atoms. The summed E-state index contributed by atoms with van der Waals surface area (Å²) in [7, 11) is 1.36. The van der Waals surface area contributed by atoms with Crippen molar-refractivity contribution < 1.29 is 9.66 Å². The quantitative estimate of drug-likeness (QED) is 0.350. The van der Waals surface area contributed by atoms with Crippen molar-refractivity contribution in [3.8, 4) is 5.75 Å². The van der Waals surface area contributed by atoms with Gasteiger partial charge in [-0.3, -0.25) is 14.9 Å². The van der Waals surface area contributed by atoms with Gasteiger partial charge in [0.15, 0.2) is 5.75 Å². The number of aromatic nitrogens is 2. The van der Waals surface area contributed by atoms with E-state index in [2.05, 4.69) is 26.0 Å². The number of nitro benzene ring substituents is 1. The predicted octanol–water partition coefficient (Wildman–Crippen LogP) is 3.52. The van der Waals surface area contributed by atoms with E-state index in [9.17, 15) is 14.9 Å². The van der Waals surface area contributed by atoms with E-state index in [1.807, 2.05) is 13.0 Å². The molecule has 0 fully saturated rings. The monoisotopic (exact) mass is 430 g/mol. The number of hydrogen-bond donors (Lipinski definition) is 0. The van der Waals surface area contributed by atoms with Gasteiger partial charge in [0, 0.05) is 22.5 Å². The third-order valence-electron chi connectivity index (χ3n) is 3.91. The number of fused-ring (bicyclic) bond motifs is 1. The van der Waals surface area contributed by atoms with Crippen LogP contribution in [0.2, 0.25) is 0 Å². The van der Waals surface area contributed by atoms with E-state index in [-0.39, 0.29) is 17.0 Å². The Kier molecular flexibility index (Phi) is 5.31. The normalized spacial score (nSPS) is 11.2. The molecule has 0 amide bonds. The summed E-state index contributed by atoms with van der Waals surface area (Å²) in [6, 6.07) is 9.72. The summed E-state index contributed by atoms with van der Waals surface area (Å²) in [5.74, 6) is 0.648. The number of ether oxygens (including phenoxy) is 1. The van der Waals surface area contributed by atoms with Gasteiger partial charge in [0.2, 0.25) is 0 Å². The van der Waals surface area contributed by atoms with Crippen LogP contribution in [-0.2, 0) is 6.42 Å². The molecule has 3 aromatic rings. The van der Waals surface area contributed by atoms with Crippen molar-refractivity contribution >= 4 is 38.7 Å². The zero-order valence-corrected chi connectivity index (χ0v) is 16.1. The minimum absolute atomic E-state index is 0.154. The van der Waals surface area contributed by atoms with E-state index in [4.69, 9.17) is 4.74 Å². The highest BCUT2D eigenvalue weighted by atomic mass is 79.9. The summed E-state index contributed by atoms with van der Waals surface area (Å²) in [5, 5.41) is 15.8. The molecule has 1 aromatic heterocycles. The molecular formula is C18H15BrN4O4. The number of aryl methyl sites for hydroxylation is 1. The van der Waals surface area contributed by atoms with Crippen molar-refractivity contribution in [3.63, 3.8) is 0 Å². The number of hydrogen-bond acceptors (Lipinski definition) is 6. The number of methoxy groups -OCH3 is 1. The molecule has 8 nitrogen and oxygen atoms in total. The fraction of sp³-hybridized carbons (Fsp3) is 0.167. The number of halogens is 1. The smallest absolute Gasteiger partial charge is 0.311 e. The van der Waals surface area contributed by atoms with E-state index in [0.717, 1.165) is 4.47 Å². The molecule has 0 radical (unpaired) electrons. The zero-order chi connectivity index (χ0) is 19.6. The second-order valence-corrected chi connectivity index (χ2v) is 6.51. The fourth-order valence-electron chi connectivity index (χ4n) is 2.60. The van der Waals surface area contributed by atoms with Crippen LogP contribution in [0.5, 0.6) is 5.75 Å². The third-order valence-corrected chi connectivity index (χ3v) is 4.41. The molecule has 0 unspecified atom stereocenters. The SMILES string of the molecule is CCc1nc2ccc(Br)cc2c(=O)n1N=Cc1ccc(OC)c([N+](=O)[O-])c1. The standard InChI is InChI=1S/C18H15BrN4O4/c1-3-17-21-14-6-5-12(19)9-13(14)18(24)22(17)20-10-11-4-7-16(27-2)15(8-11)23(25)26/h4-10H,3H2,1-2H3. The lowest BCUT2D eigenvalue weighted by atomic mass is 10.2. The first kappa shape index (κ1) is 18.7. The highest BCUT2D eigenvalue weighted by Crippen LogP contribution is 2.26. The van der Waals surface area contributed by atoms with Crippen LogP contribution in [0.1, 0.15) is 18.3 Å². The molecule has 0 bridgehead atoms. The van der Waals surface area contributed by atoms with Crippen LogP contribution >= 0.6 is 15.9 Å². The summed E-state index contributed by atoms with van der Waals surface area (Å²) in [6.07, 6.45) is 1.89. The predicted molar refractivity (Wildman–Crippen MR) is 106 cm³/mol. The second kappa shape index (κ2) is 7.67. The second-order valence-electron chi connectivity index (χ2n) is 5.59. The maximum absolute atomic E-state index is 12.8. The molecule has 138 valence electrons. The summed E-state index contributed by atoms with van der Waals surface area (Å²) < 4.78 is 6.96. The maximum Gasteiger partial charge on any atom is 0.311 e. The Morgan fingerprint density at radius 1 is 1.33 bits per heavy atom. The minimum Gasteiger partial charge on any atom is -0.490 e. The van der Waals surface area contributed by atoms with Gasteiger partial charge in [-0.05, 0) is 30.3 Å². The van der Waals surface area contributed by atoms with E-state index >= 15 is 0 Å². The molecule has 2 aromatic carbocycles. The van der Waals surface area contributed by atoms with Crippen molar-refractivity contribution in [1.29, 1.82) is 0 Å². The average molecular weight is 431 g/mol. The molecule has 0 aliphatic rings. The van der Waals surface area contributed by atoms with Gasteiger partial charge in [-0.2, -0.15) is 9.78 Å².